The average molecular weight is 525 g/mol. The van der Waals surface area contributed by atoms with Gasteiger partial charge in [0.05, 0.1) is 22.8 Å². The van der Waals surface area contributed by atoms with Crippen LogP contribution >= 0.6 is 11.3 Å². The van der Waals surface area contributed by atoms with E-state index in [1.165, 1.54) is 6.20 Å². The number of nitrogens with one attached hydrogen (secondary N) is 3. The number of aromatic nitrogens is 7. The molecule has 1 fully saturated rings. The van der Waals surface area contributed by atoms with Crippen molar-refractivity contribution in [2.75, 3.05) is 5.32 Å². The number of halogens is 1. The maximum absolute atomic E-state index is 16.1. The van der Waals surface area contributed by atoms with Crippen LogP contribution in [0.2, 0.25) is 0 Å². The second kappa shape index (κ2) is 9.10. The lowest BCUT2D eigenvalue weighted by atomic mass is 10.1. The van der Waals surface area contributed by atoms with Crippen molar-refractivity contribution < 1.29 is 9.18 Å². The van der Waals surface area contributed by atoms with E-state index in [2.05, 4.69) is 40.4 Å². The number of fused-ring (bicyclic) bond motifs is 2. The third-order valence-electron chi connectivity index (χ3n) is 6.98. The Kier molecular flexibility index (Phi) is 5.43. The van der Waals surface area contributed by atoms with E-state index in [-0.39, 0.29) is 28.4 Å². The molecule has 188 valence electrons. The Morgan fingerprint density at radius 2 is 1.97 bits per heavy atom. The van der Waals surface area contributed by atoms with Gasteiger partial charge in [0.2, 0.25) is 5.91 Å². The highest BCUT2D eigenvalue weighted by atomic mass is 32.1. The molecule has 0 unspecified atom stereocenters. The monoisotopic (exact) mass is 524 g/mol. The van der Waals surface area contributed by atoms with Crippen LogP contribution in [-0.2, 0) is 4.79 Å². The molecular formula is C27H21FN8OS. The number of anilines is 1. The Labute approximate surface area is 219 Å². The first-order valence-electron chi connectivity index (χ1n) is 12.3. The van der Waals surface area contributed by atoms with Crippen molar-refractivity contribution in [3.05, 3.63) is 60.3 Å². The molecule has 38 heavy (non-hydrogen) atoms. The van der Waals surface area contributed by atoms with E-state index in [0.29, 0.717) is 28.4 Å². The van der Waals surface area contributed by atoms with Gasteiger partial charge < -0.3 is 10.3 Å². The second-order valence-electron chi connectivity index (χ2n) is 9.34. The van der Waals surface area contributed by atoms with Gasteiger partial charge in [-0.3, -0.25) is 14.9 Å². The van der Waals surface area contributed by atoms with Crippen molar-refractivity contribution in [3.8, 4) is 33.1 Å². The first-order valence-corrected chi connectivity index (χ1v) is 13.2. The number of aromatic amines is 2. The molecule has 0 radical (unpaired) electrons. The first kappa shape index (κ1) is 22.7. The van der Waals surface area contributed by atoms with Gasteiger partial charge in [-0.2, -0.15) is 5.10 Å². The summed E-state index contributed by atoms with van der Waals surface area (Å²) in [7, 11) is 0. The van der Waals surface area contributed by atoms with Crippen LogP contribution in [0, 0.1) is 11.7 Å². The molecule has 0 saturated heterocycles. The molecule has 0 aliphatic heterocycles. The lowest BCUT2D eigenvalue weighted by Gasteiger charge is -2.11. The standard InChI is InChI=1S/C27H21FN8OS/c28-21-18(15-10-16(12-29-11-15)32-27(37)14-4-1-2-5-14)13-31-24-20(21)23(35-36-24)26-33-22-17(19-6-3-9-38-19)7-8-30-25(22)34-26/h3,6-14H,1-2,4-5H2,(H,32,37)(H,30,33,34)(H,31,35,36). The Hall–Kier alpha value is -4.51. The van der Waals surface area contributed by atoms with Crippen LogP contribution in [0.15, 0.2) is 54.4 Å². The van der Waals surface area contributed by atoms with Crippen LogP contribution in [0.25, 0.3) is 55.3 Å². The number of carbonyl (C=O) groups excluding carboxylic acids is 1. The fourth-order valence-electron chi connectivity index (χ4n) is 5.08. The van der Waals surface area contributed by atoms with Gasteiger partial charge in [-0.05, 0) is 36.4 Å². The van der Waals surface area contributed by atoms with Crippen molar-refractivity contribution in [2.24, 2.45) is 5.92 Å². The van der Waals surface area contributed by atoms with Crippen LogP contribution in [0.4, 0.5) is 10.1 Å². The first-order chi connectivity index (χ1) is 18.7. The quantitative estimate of drug-likeness (QED) is 0.256. The summed E-state index contributed by atoms with van der Waals surface area (Å²) in [6.45, 7) is 0. The van der Waals surface area contributed by atoms with E-state index in [9.17, 15) is 4.79 Å². The summed E-state index contributed by atoms with van der Waals surface area (Å²) in [6.07, 6.45) is 10.2. The Balaban J connectivity index is 1.28. The van der Waals surface area contributed by atoms with E-state index in [0.717, 1.165) is 41.6 Å². The third-order valence-corrected chi connectivity index (χ3v) is 7.88. The molecule has 0 spiro atoms. The predicted molar refractivity (Wildman–Crippen MR) is 144 cm³/mol. The molecular weight excluding hydrogens is 503 g/mol. The SMILES string of the molecule is O=C(Nc1cncc(-c2cnc3n[nH]c(-c4nc5nccc(-c6cccs6)c5[nH]4)c3c2F)c1)C1CCCC1. The normalized spacial score (nSPS) is 14.0. The summed E-state index contributed by atoms with van der Waals surface area (Å²) >= 11 is 1.62. The van der Waals surface area contributed by atoms with E-state index in [4.69, 9.17) is 0 Å². The number of H-pyrrole nitrogens is 2. The zero-order chi connectivity index (χ0) is 25.6. The van der Waals surface area contributed by atoms with E-state index >= 15 is 4.39 Å². The van der Waals surface area contributed by atoms with Crippen LogP contribution in [0.3, 0.4) is 0 Å². The molecule has 6 aromatic heterocycles. The van der Waals surface area contributed by atoms with Crippen LogP contribution in [0.1, 0.15) is 25.7 Å². The summed E-state index contributed by atoms with van der Waals surface area (Å²) in [4.78, 5) is 34.6. The molecule has 1 aliphatic carbocycles. The van der Waals surface area contributed by atoms with E-state index in [1.807, 2.05) is 23.6 Å². The second-order valence-corrected chi connectivity index (χ2v) is 10.3. The number of carbonyl (C=O) groups is 1. The zero-order valence-corrected chi connectivity index (χ0v) is 20.8. The third kappa shape index (κ3) is 3.82. The zero-order valence-electron chi connectivity index (χ0n) is 20.0. The molecule has 3 N–H and O–H groups in total. The number of pyridine rings is 3. The fraction of sp³-hybridized carbons (Fsp3) is 0.185. The van der Waals surface area contributed by atoms with Crippen molar-refractivity contribution >= 4 is 45.1 Å². The summed E-state index contributed by atoms with van der Waals surface area (Å²) < 4.78 is 16.1. The van der Waals surface area contributed by atoms with Crippen molar-refractivity contribution in [1.82, 2.24) is 35.1 Å². The number of rotatable bonds is 5. The highest BCUT2D eigenvalue weighted by molar-refractivity contribution is 7.13. The minimum atomic E-state index is -0.508. The molecule has 11 heteroatoms. The Bertz CT molecular complexity index is 1800. The largest absolute Gasteiger partial charge is 0.335 e. The maximum atomic E-state index is 16.1. The van der Waals surface area contributed by atoms with Crippen LogP contribution in [-0.4, -0.2) is 41.0 Å². The number of thiophene rings is 1. The molecule has 0 atom stereocenters. The smallest absolute Gasteiger partial charge is 0.227 e. The number of imidazole rings is 1. The predicted octanol–water partition coefficient (Wildman–Crippen LogP) is 5.95. The lowest BCUT2D eigenvalue weighted by molar-refractivity contribution is -0.119. The number of nitrogens with zero attached hydrogens (tertiary/aromatic N) is 5. The summed E-state index contributed by atoms with van der Waals surface area (Å²) in [5, 5.41) is 12.2. The minimum absolute atomic E-state index is 0.0144. The number of amides is 1. The van der Waals surface area contributed by atoms with Gasteiger partial charge >= 0.3 is 0 Å². The van der Waals surface area contributed by atoms with Crippen LogP contribution in [0.5, 0.6) is 0 Å². The van der Waals surface area contributed by atoms with Gasteiger partial charge in [0.25, 0.3) is 0 Å². The van der Waals surface area contributed by atoms with Gasteiger partial charge in [-0.1, -0.05) is 18.9 Å². The molecule has 9 nitrogen and oxygen atoms in total. The summed E-state index contributed by atoms with van der Waals surface area (Å²) in [5.74, 6) is -0.104. The Morgan fingerprint density at radius 3 is 2.82 bits per heavy atom. The highest BCUT2D eigenvalue weighted by Crippen LogP contribution is 2.35. The fourth-order valence-corrected chi connectivity index (χ4v) is 5.84. The lowest BCUT2D eigenvalue weighted by Crippen LogP contribution is -2.20. The van der Waals surface area contributed by atoms with Crippen molar-refractivity contribution in [2.45, 2.75) is 25.7 Å². The topological polar surface area (TPSA) is 125 Å². The molecule has 7 rings (SSSR count). The molecule has 1 saturated carbocycles. The van der Waals surface area contributed by atoms with Gasteiger partial charge in [0.15, 0.2) is 17.1 Å². The van der Waals surface area contributed by atoms with Crippen LogP contribution < -0.4 is 5.32 Å². The molecule has 6 aromatic rings. The Morgan fingerprint density at radius 1 is 1.08 bits per heavy atom. The van der Waals surface area contributed by atoms with Gasteiger partial charge in [0.1, 0.15) is 11.5 Å². The maximum Gasteiger partial charge on any atom is 0.227 e. The van der Waals surface area contributed by atoms with E-state index < -0.39 is 5.82 Å². The summed E-state index contributed by atoms with van der Waals surface area (Å²) in [6, 6.07) is 7.65. The molecule has 0 bridgehead atoms. The van der Waals surface area contributed by atoms with E-state index in [1.54, 1.807) is 36.0 Å². The number of hydrogen-bond donors (Lipinski definition) is 3. The molecule has 0 aromatic carbocycles. The van der Waals surface area contributed by atoms with Gasteiger partial charge in [-0.15, -0.1) is 11.3 Å². The molecule has 1 aliphatic rings. The van der Waals surface area contributed by atoms with Gasteiger partial charge in [-0.25, -0.2) is 19.3 Å². The average Bonchev–Trinajstić information content (AvgIpc) is 3.74. The highest BCUT2D eigenvalue weighted by Gasteiger charge is 2.24. The molecule has 6 heterocycles. The number of hydrogen-bond acceptors (Lipinski definition) is 7. The summed E-state index contributed by atoms with van der Waals surface area (Å²) in [5.41, 5.74) is 4.12. The minimum Gasteiger partial charge on any atom is -0.335 e. The van der Waals surface area contributed by atoms with Crippen molar-refractivity contribution in [1.29, 1.82) is 0 Å². The van der Waals surface area contributed by atoms with Crippen molar-refractivity contribution in [3.63, 3.8) is 0 Å². The molecule has 1 amide bonds. The van der Waals surface area contributed by atoms with Gasteiger partial charge in [0, 0.05) is 46.1 Å².